The SMILES string of the molecule is CCOC(=O)N[C@@H](CS(=O)c1ccccc1)C(C)C. The van der Waals surface area contributed by atoms with E-state index in [-0.39, 0.29) is 12.0 Å². The van der Waals surface area contributed by atoms with Gasteiger partial charge >= 0.3 is 6.09 Å². The molecule has 1 N–H and O–H groups in total. The first kappa shape index (κ1) is 15.7. The van der Waals surface area contributed by atoms with E-state index in [0.717, 1.165) is 4.90 Å². The maximum Gasteiger partial charge on any atom is 0.407 e. The van der Waals surface area contributed by atoms with Crippen molar-refractivity contribution < 1.29 is 13.7 Å². The van der Waals surface area contributed by atoms with E-state index < -0.39 is 16.9 Å². The van der Waals surface area contributed by atoms with E-state index in [1.807, 2.05) is 44.2 Å². The van der Waals surface area contributed by atoms with E-state index in [4.69, 9.17) is 4.74 Å². The minimum Gasteiger partial charge on any atom is -0.450 e. The zero-order valence-electron chi connectivity index (χ0n) is 11.6. The van der Waals surface area contributed by atoms with Gasteiger partial charge in [0.25, 0.3) is 0 Å². The third-order valence-corrected chi connectivity index (χ3v) is 4.18. The lowest BCUT2D eigenvalue weighted by atomic mass is 10.1. The molecule has 1 aromatic carbocycles. The monoisotopic (exact) mass is 283 g/mol. The molecule has 0 spiro atoms. The van der Waals surface area contributed by atoms with Gasteiger partial charge in [0.15, 0.2) is 0 Å². The Hall–Kier alpha value is -1.36. The first-order chi connectivity index (χ1) is 9.04. The second kappa shape index (κ2) is 7.94. The minimum atomic E-state index is -1.12. The molecule has 106 valence electrons. The molecule has 1 rings (SSSR count). The molecule has 1 amide bonds. The van der Waals surface area contributed by atoms with Crippen LogP contribution in [0.3, 0.4) is 0 Å². The van der Waals surface area contributed by atoms with Crippen LogP contribution in [0.5, 0.6) is 0 Å². The average Bonchev–Trinajstić information content (AvgIpc) is 2.39. The zero-order chi connectivity index (χ0) is 14.3. The Kier molecular flexibility index (Phi) is 6.56. The van der Waals surface area contributed by atoms with Crippen molar-refractivity contribution in [2.24, 2.45) is 5.92 Å². The molecule has 1 aromatic rings. The Labute approximate surface area is 117 Å². The topological polar surface area (TPSA) is 55.4 Å². The van der Waals surface area contributed by atoms with E-state index >= 15 is 0 Å². The molecular weight excluding hydrogens is 262 g/mol. The molecule has 0 fully saturated rings. The maximum absolute atomic E-state index is 12.2. The molecule has 0 aromatic heterocycles. The standard InChI is InChI=1S/C14H21NO3S/c1-4-18-14(16)15-13(11(2)3)10-19(17)12-8-6-5-7-9-12/h5-9,11,13H,4,10H2,1-3H3,(H,15,16)/t13-,19?/m0/s1. The number of rotatable bonds is 6. The van der Waals surface area contributed by atoms with Gasteiger partial charge in [-0.2, -0.15) is 0 Å². The first-order valence-electron chi connectivity index (χ1n) is 6.41. The highest BCUT2D eigenvalue weighted by molar-refractivity contribution is 7.85. The van der Waals surface area contributed by atoms with Crippen molar-refractivity contribution in [1.82, 2.24) is 5.32 Å². The Morgan fingerprint density at radius 3 is 2.47 bits per heavy atom. The molecular formula is C14H21NO3S. The number of hydrogen-bond donors (Lipinski definition) is 1. The Morgan fingerprint density at radius 1 is 1.32 bits per heavy atom. The molecule has 0 heterocycles. The number of alkyl carbamates (subject to hydrolysis) is 1. The predicted octanol–water partition coefficient (Wildman–Crippen LogP) is 2.56. The molecule has 0 aliphatic rings. The predicted molar refractivity (Wildman–Crippen MR) is 76.5 cm³/mol. The second-order valence-electron chi connectivity index (χ2n) is 4.54. The van der Waals surface area contributed by atoms with Gasteiger partial charge < -0.3 is 10.1 Å². The van der Waals surface area contributed by atoms with E-state index in [9.17, 15) is 9.00 Å². The fourth-order valence-electron chi connectivity index (χ4n) is 1.56. The summed E-state index contributed by atoms with van der Waals surface area (Å²) < 4.78 is 17.1. The fraction of sp³-hybridized carbons (Fsp3) is 0.500. The van der Waals surface area contributed by atoms with Gasteiger partial charge in [-0.15, -0.1) is 0 Å². The summed E-state index contributed by atoms with van der Waals surface area (Å²) in [5, 5.41) is 2.76. The Morgan fingerprint density at radius 2 is 1.95 bits per heavy atom. The highest BCUT2D eigenvalue weighted by Gasteiger charge is 2.20. The van der Waals surface area contributed by atoms with Crippen LogP contribution in [0.15, 0.2) is 35.2 Å². The van der Waals surface area contributed by atoms with Gasteiger partial charge in [0.05, 0.1) is 17.4 Å². The van der Waals surface area contributed by atoms with Crippen molar-refractivity contribution in [1.29, 1.82) is 0 Å². The molecule has 19 heavy (non-hydrogen) atoms. The summed E-state index contributed by atoms with van der Waals surface area (Å²) in [5.74, 6) is 0.581. The van der Waals surface area contributed by atoms with Crippen LogP contribution in [-0.2, 0) is 15.5 Å². The van der Waals surface area contributed by atoms with Crippen molar-refractivity contribution in [3.63, 3.8) is 0 Å². The Bertz CT molecular complexity index is 420. The molecule has 0 saturated heterocycles. The van der Waals surface area contributed by atoms with Gasteiger partial charge in [0.1, 0.15) is 0 Å². The van der Waals surface area contributed by atoms with Crippen LogP contribution < -0.4 is 5.32 Å². The summed E-state index contributed by atoms with van der Waals surface area (Å²) in [7, 11) is -1.12. The van der Waals surface area contributed by atoms with Crippen LogP contribution in [0.4, 0.5) is 4.79 Å². The number of benzene rings is 1. The molecule has 1 unspecified atom stereocenters. The molecule has 4 nitrogen and oxygen atoms in total. The van der Waals surface area contributed by atoms with Gasteiger partial charge in [-0.3, -0.25) is 4.21 Å². The van der Waals surface area contributed by atoms with Crippen LogP contribution in [0.1, 0.15) is 20.8 Å². The van der Waals surface area contributed by atoms with Gasteiger partial charge in [-0.05, 0) is 25.0 Å². The van der Waals surface area contributed by atoms with Crippen LogP contribution in [0, 0.1) is 5.92 Å². The van der Waals surface area contributed by atoms with E-state index in [0.29, 0.717) is 12.4 Å². The number of carbonyl (C=O) groups excluding carboxylic acids is 1. The summed E-state index contributed by atoms with van der Waals surface area (Å²) in [6.07, 6.45) is -0.453. The lowest BCUT2D eigenvalue weighted by Crippen LogP contribution is -2.42. The minimum absolute atomic E-state index is 0.167. The maximum atomic E-state index is 12.2. The fourth-order valence-corrected chi connectivity index (χ4v) is 3.00. The van der Waals surface area contributed by atoms with Crippen molar-refractivity contribution in [3.8, 4) is 0 Å². The molecule has 0 aliphatic heterocycles. The zero-order valence-corrected chi connectivity index (χ0v) is 12.4. The second-order valence-corrected chi connectivity index (χ2v) is 6.04. The number of nitrogens with one attached hydrogen (secondary N) is 1. The van der Waals surface area contributed by atoms with Gasteiger partial charge in [0.2, 0.25) is 0 Å². The molecule has 0 aliphatic carbocycles. The number of hydrogen-bond acceptors (Lipinski definition) is 3. The molecule has 0 saturated carbocycles. The van der Waals surface area contributed by atoms with Crippen molar-refractivity contribution in [2.75, 3.05) is 12.4 Å². The largest absolute Gasteiger partial charge is 0.450 e. The normalized spacial score (nSPS) is 13.9. The third-order valence-electron chi connectivity index (χ3n) is 2.72. The Balaban J connectivity index is 2.64. The van der Waals surface area contributed by atoms with Crippen LogP contribution in [0.25, 0.3) is 0 Å². The molecule has 2 atom stereocenters. The lowest BCUT2D eigenvalue weighted by Gasteiger charge is -2.21. The van der Waals surface area contributed by atoms with Crippen LogP contribution in [0.2, 0.25) is 0 Å². The smallest absolute Gasteiger partial charge is 0.407 e. The molecule has 0 radical (unpaired) electrons. The number of amides is 1. The molecule has 0 bridgehead atoms. The van der Waals surface area contributed by atoms with E-state index in [2.05, 4.69) is 5.32 Å². The van der Waals surface area contributed by atoms with Crippen molar-refractivity contribution >= 4 is 16.9 Å². The lowest BCUT2D eigenvalue weighted by molar-refractivity contribution is 0.146. The van der Waals surface area contributed by atoms with Crippen molar-refractivity contribution in [2.45, 2.75) is 31.7 Å². The summed E-state index contributed by atoms with van der Waals surface area (Å²) in [6, 6.07) is 9.10. The summed E-state index contributed by atoms with van der Waals surface area (Å²) in [5.41, 5.74) is 0. The van der Waals surface area contributed by atoms with Crippen LogP contribution >= 0.6 is 0 Å². The van der Waals surface area contributed by atoms with Gasteiger partial charge in [-0.1, -0.05) is 32.0 Å². The van der Waals surface area contributed by atoms with Gasteiger partial charge in [-0.25, -0.2) is 4.79 Å². The number of ether oxygens (including phenoxy) is 1. The third kappa shape index (κ3) is 5.42. The van der Waals surface area contributed by atoms with Crippen LogP contribution in [-0.4, -0.2) is 28.7 Å². The first-order valence-corrected chi connectivity index (χ1v) is 7.73. The quantitative estimate of drug-likeness (QED) is 0.873. The highest BCUT2D eigenvalue weighted by Crippen LogP contribution is 2.11. The van der Waals surface area contributed by atoms with Crippen molar-refractivity contribution in [3.05, 3.63) is 30.3 Å². The van der Waals surface area contributed by atoms with E-state index in [1.54, 1.807) is 6.92 Å². The average molecular weight is 283 g/mol. The summed E-state index contributed by atoms with van der Waals surface area (Å²) in [6.45, 7) is 6.06. The molecule has 5 heteroatoms. The number of carbonyl (C=O) groups is 1. The van der Waals surface area contributed by atoms with Gasteiger partial charge in [0, 0.05) is 16.7 Å². The highest BCUT2D eigenvalue weighted by atomic mass is 32.2. The summed E-state index contributed by atoms with van der Waals surface area (Å²) >= 11 is 0. The summed E-state index contributed by atoms with van der Waals surface area (Å²) in [4.78, 5) is 12.2. The van der Waals surface area contributed by atoms with E-state index in [1.165, 1.54) is 0 Å².